The van der Waals surface area contributed by atoms with Gasteiger partial charge in [0.1, 0.15) is 0 Å². The summed E-state index contributed by atoms with van der Waals surface area (Å²) >= 11 is 0. The molecule has 4 N–H and O–H groups in total. The number of amides is 1. The van der Waals surface area contributed by atoms with Crippen molar-refractivity contribution in [1.29, 1.82) is 0 Å². The van der Waals surface area contributed by atoms with Crippen molar-refractivity contribution in [3.05, 3.63) is 29.8 Å². The van der Waals surface area contributed by atoms with Crippen LogP contribution in [0.1, 0.15) is 11.6 Å². The van der Waals surface area contributed by atoms with Crippen LogP contribution in [0.15, 0.2) is 24.3 Å². The smallest absolute Gasteiger partial charge is 0.239 e. The van der Waals surface area contributed by atoms with Crippen LogP contribution in [-0.2, 0) is 4.79 Å². The van der Waals surface area contributed by atoms with Crippen LogP contribution in [0.2, 0.25) is 0 Å². The molecule has 0 aliphatic carbocycles. The van der Waals surface area contributed by atoms with E-state index in [-0.39, 0.29) is 18.6 Å². The van der Waals surface area contributed by atoms with Crippen molar-refractivity contribution < 1.29 is 9.90 Å². The number of nitrogens with one attached hydrogen (secondary N) is 1. The Labute approximate surface area is 100 Å². The van der Waals surface area contributed by atoms with Gasteiger partial charge in [0.05, 0.1) is 19.2 Å². The number of nitrogens with two attached hydrogens (primary N) is 1. The quantitative estimate of drug-likeness (QED) is 0.667. The van der Waals surface area contributed by atoms with Gasteiger partial charge in [0.2, 0.25) is 5.91 Å². The summed E-state index contributed by atoms with van der Waals surface area (Å²) in [6, 6.07) is 7.31. The van der Waals surface area contributed by atoms with Gasteiger partial charge in [-0.15, -0.1) is 0 Å². The molecule has 1 aromatic carbocycles. The lowest BCUT2D eigenvalue weighted by Crippen LogP contribution is -2.47. The van der Waals surface area contributed by atoms with Gasteiger partial charge in [-0.2, -0.15) is 0 Å². The van der Waals surface area contributed by atoms with E-state index in [0.29, 0.717) is 13.1 Å². The molecule has 1 amide bonds. The second-order valence-corrected chi connectivity index (χ2v) is 4.15. The third-order valence-corrected chi connectivity index (χ3v) is 2.92. The molecular weight excluding hydrogens is 218 g/mol. The molecule has 17 heavy (non-hydrogen) atoms. The number of hydrogen-bond donors (Lipinski definition) is 3. The number of hydrogen-bond acceptors (Lipinski definition) is 4. The predicted octanol–water partition coefficient (Wildman–Crippen LogP) is -0.385. The van der Waals surface area contributed by atoms with Gasteiger partial charge in [0.15, 0.2) is 0 Å². The molecule has 1 aromatic rings. The predicted molar refractivity (Wildman–Crippen MR) is 65.7 cm³/mol. The Morgan fingerprint density at radius 1 is 1.41 bits per heavy atom. The first-order chi connectivity index (χ1) is 8.20. The summed E-state index contributed by atoms with van der Waals surface area (Å²) in [6.45, 7) is 1.82. The number of carbonyl (C=O) groups is 1. The first-order valence-corrected chi connectivity index (χ1v) is 5.69. The second kappa shape index (κ2) is 5.16. The zero-order valence-electron chi connectivity index (χ0n) is 9.60. The normalized spacial score (nSPS) is 17.8. The minimum Gasteiger partial charge on any atom is -0.394 e. The van der Waals surface area contributed by atoms with Gasteiger partial charge < -0.3 is 21.1 Å². The summed E-state index contributed by atoms with van der Waals surface area (Å²) < 4.78 is 0. The second-order valence-electron chi connectivity index (χ2n) is 4.15. The topological polar surface area (TPSA) is 78.6 Å². The molecule has 2 rings (SSSR count). The van der Waals surface area contributed by atoms with Gasteiger partial charge in [-0.05, 0) is 17.7 Å². The largest absolute Gasteiger partial charge is 0.394 e. The highest BCUT2D eigenvalue weighted by molar-refractivity contribution is 5.82. The molecule has 0 aromatic heterocycles. The summed E-state index contributed by atoms with van der Waals surface area (Å²) in [5, 5.41) is 11.7. The lowest BCUT2D eigenvalue weighted by atomic mass is 10.1. The molecule has 0 saturated carbocycles. The van der Waals surface area contributed by atoms with Crippen molar-refractivity contribution in [2.24, 2.45) is 5.73 Å². The highest BCUT2D eigenvalue weighted by atomic mass is 16.3. The summed E-state index contributed by atoms with van der Waals surface area (Å²) in [7, 11) is 0. The van der Waals surface area contributed by atoms with E-state index in [1.54, 1.807) is 0 Å². The van der Waals surface area contributed by atoms with Crippen LogP contribution in [0.3, 0.4) is 0 Å². The van der Waals surface area contributed by atoms with E-state index in [9.17, 15) is 4.79 Å². The lowest BCUT2D eigenvalue weighted by Gasteiger charge is -2.28. The number of aliphatic hydroxyl groups excluding tert-OH is 1. The third kappa shape index (κ3) is 2.75. The van der Waals surface area contributed by atoms with Gasteiger partial charge in [0.25, 0.3) is 0 Å². The number of anilines is 1. The van der Waals surface area contributed by atoms with Crippen LogP contribution >= 0.6 is 0 Å². The molecule has 1 aliphatic heterocycles. The summed E-state index contributed by atoms with van der Waals surface area (Å²) in [4.78, 5) is 13.3. The van der Waals surface area contributed by atoms with Crippen molar-refractivity contribution in [1.82, 2.24) is 5.32 Å². The number of nitrogens with zero attached hydrogens (tertiary/aromatic N) is 1. The van der Waals surface area contributed by atoms with Crippen LogP contribution < -0.4 is 16.0 Å². The van der Waals surface area contributed by atoms with Crippen molar-refractivity contribution in [2.75, 3.05) is 31.1 Å². The lowest BCUT2D eigenvalue weighted by molar-refractivity contribution is -0.120. The molecule has 92 valence electrons. The van der Waals surface area contributed by atoms with Crippen LogP contribution in [-0.4, -0.2) is 37.3 Å². The molecule has 0 radical (unpaired) electrons. The van der Waals surface area contributed by atoms with Gasteiger partial charge in [-0.25, -0.2) is 0 Å². The van der Waals surface area contributed by atoms with Crippen LogP contribution in [0.5, 0.6) is 0 Å². The first-order valence-electron chi connectivity index (χ1n) is 5.69. The SMILES string of the molecule is NC(CO)c1ccc(N2CCNC(=O)C2)cc1. The van der Waals surface area contributed by atoms with Gasteiger partial charge >= 0.3 is 0 Å². The van der Waals surface area contributed by atoms with E-state index >= 15 is 0 Å². The van der Waals surface area contributed by atoms with Crippen molar-refractivity contribution >= 4 is 11.6 Å². The Morgan fingerprint density at radius 3 is 2.71 bits per heavy atom. The number of rotatable bonds is 3. The number of benzene rings is 1. The minimum absolute atomic E-state index is 0.0485. The molecule has 1 fully saturated rings. The molecule has 1 atom stereocenters. The van der Waals surface area contributed by atoms with Gasteiger partial charge in [0, 0.05) is 18.8 Å². The molecule has 1 heterocycles. The summed E-state index contributed by atoms with van der Waals surface area (Å²) in [5.41, 5.74) is 7.63. The van der Waals surface area contributed by atoms with Crippen molar-refractivity contribution in [3.63, 3.8) is 0 Å². The zero-order valence-corrected chi connectivity index (χ0v) is 9.60. The summed E-state index contributed by atoms with van der Waals surface area (Å²) in [6.07, 6.45) is 0. The van der Waals surface area contributed by atoms with E-state index in [1.165, 1.54) is 0 Å². The van der Waals surface area contributed by atoms with E-state index in [1.807, 2.05) is 29.2 Å². The van der Waals surface area contributed by atoms with E-state index in [0.717, 1.165) is 17.8 Å². The Hall–Kier alpha value is -1.59. The maximum absolute atomic E-state index is 11.3. The minimum atomic E-state index is -0.339. The van der Waals surface area contributed by atoms with Gasteiger partial charge in [-0.1, -0.05) is 12.1 Å². The molecule has 5 heteroatoms. The van der Waals surface area contributed by atoms with Crippen molar-refractivity contribution in [2.45, 2.75) is 6.04 Å². The molecule has 1 saturated heterocycles. The highest BCUT2D eigenvalue weighted by Gasteiger charge is 2.16. The van der Waals surface area contributed by atoms with E-state index in [2.05, 4.69) is 5.32 Å². The molecule has 1 aliphatic rings. The zero-order chi connectivity index (χ0) is 12.3. The van der Waals surface area contributed by atoms with Crippen molar-refractivity contribution in [3.8, 4) is 0 Å². The fourth-order valence-electron chi connectivity index (χ4n) is 1.90. The Bertz CT molecular complexity index is 391. The molecular formula is C12H17N3O2. The molecule has 5 nitrogen and oxygen atoms in total. The Balaban J connectivity index is 2.09. The fraction of sp³-hybridized carbons (Fsp3) is 0.417. The summed E-state index contributed by atoms with van der Waals surface area (Å²) in [5.74, 6) is 0.0485. The van der Waals surface area contributed by atoms with Crippen LogP contribution in [0, 0.1) is 0 Å². The van der Waals surface area contributed by atoms with Crippen LogP contribution in [0.4, 0.5) is 5.69 Å². The number of aliphatic hydroxyl groups is 1. The first kappa shape index (κ1) is 11.9. The van der Waals surface area contributed by atoms with E-state index < -0.39 is 0 Å². The maximum atomic E-state index is 11.3. The molecule has 0 spiro atoms. The molecule has 0 bridgehead atoms. The van der Waals surface area contributed by atoms with Crippen LogP contribution in [0.25, 0.3) is 0 Å². The average molecular weight is 235 g/mol. The fourth-order valence-corrected chi connectivity index (χ4v) is 1.90. The Morgan fingerprint density at radius 2 is 2.12 bits per heavy atom. The highest BCUT2D eigenvalue weighted by Crippen LogP contribution is 2.18. The average Bonchev–Trinajstić information content (AvgIpc) is 2.38. The van der Waals surface area contributed by atoms with E-state index in [4.69, 9.17) is 10.8 Å². The monoisotopic (exact) mass is 235 g/mol. The number of piperazine rings is 1. The number of carbonyl (C=O) groups excluding carboxylic acids is 1. The maximum Gasteiger partial charge on any atom is 0.239 e. The third-order valence-electron chi connectivity index (χ3n) is 2.92. The Kier molecular flexibility index (Phi) is 3.61. The van der Waals surface area contributed by atoms with Gasteiger partial charge in [-0.3, -0.25) is 4.79 Å². The standard InChI is InChI=1S/C12H17N3O2/c13-11(8-16)9-1-3-10(4-2-9)15-6-5-14-12(17)7-15/h1-4,11,16H,5-8,13H2,(H,14,17). The molecule has 1 unspecified atom stereocenters.